The van der Waals surface area contributed by atoms with Crippen molar-refractivity contribution in [1.82, 2.24) is 0 Å². The van der Waals surface area contributed by atoms with Gasteiger partial charge >= 0.3 is 0 Å². The van der Waals surface area contributed by atoms with E-state index in [9.17, 15) is 13.2 Å². The van der Waals surface area contributed by atoms with E-state index in [0.717, 1.165) is 42.2 Å². The number of hydrogen-bond acceptors (Lipinski definition) is 0. The van der Waals surface area contributed by atoms with Crippen LogP contribution in [0.3, 0.4) is 0 Å². The number of halogens is 3. The molecule has 2 saturated carbocycles. The summed E-state index contributed by atoms with van der Waals surface area (Å²) in [7, 11) is 3.68. The van der Waals surface area contributed by atoms with Crippen LogP contribution < -0.4 is 0 Å². The molecule has 2 aliphatic carbocycles. The van der Waals surface area contributed by atoms with Gasteiger partial charge in [-0.15, -0.1) is 0 Å². The van der Waals surface area contributed by atoms with E-state index in [4.69, 9.17) is 0 Å². The largest absolute Gasteiger partial charge is 0.207 e. The fourth-order valence-electron chi connectivity index (χ4n) is 5.61. The molecule has 2 aliphatic rings. The highest BCUT2D eigenvalue weighted by Gasteiger charge is 2.31. The Balaban J connectivity index is 1.41. The van der Waals surface area contributed by atoms with Crippen LogP contribution in [-0.2, 0) is 0 Å². The highest BCUT2D eigenvalue weighted by atomic mass is 28.1. The van der Waals surface area contributed by atoms with Crippen LogP contribution in [0.15, 0.2) is 30.3 Å². The van der Waals surface area contributed by atoms with Crippen LogP contribution >= 0.6 is 0 Å². The quantitative estimate of drug-likeness (QED) is 0.438. The molecule has 0 saturated heterocycles. The number of hydrogen-bond donors (Lipinski definition) is 0. The molecule has 2 aromatic carbocycles. The highest BCUT2D eigenvalue weighted by molar-refractivity contribution is 6.08. The van der Waals surface area contributed by atoms with Crippen LogP contribution in [-0.4, -0.2) is 10.2 Å². The van der Waals surface area contributed by atoms with Crippen LogP contribution in [0.1, 0.15) is 68.4 Å². The Kier molecular flexibility index (Phi) is 6.71. The van der Waals surface area contributed by atoms with E-state index >= 15 is 0 Å². The molecule has 0 spiro atoms. The van der Waals surface area contributed by atoms with Gasteiger partial charge in [0.2, 0.25) is 0 Å². The van der Waals surface area contributed by atoms with Crippen molar-refractivity contribution in [3.63, 3.8) is 0 Å². The predicted octanol–water partition coefficient (Wildman–Crippen LogP) is 7.75. The van der Waals surface area contributed by atoms with Gasteiger partial charge in [-0.2, -0.15) is 0 Å². The van der Waals surface area contributed by atoms with Crippen molar-refractivity contribution in [1.29, 1.82) is 0 Å². The summed E-state index contributed by atoms with van der Waals surface area (Å²) in [6, 6.07) is 8.76. The molecular formula is C26H30F3Si. The molecule has 3 radical (unpaired) electrons. The third kappa shape index (κ3) is 4.54. The first-order valence-electron chi connectivity index (χ1n) is 11.4. The lowest BCUT2D eigenvalue weighted by Gasteiger charge is -2.38. The van der Waals surface area contributed by atoms with Crippen LogP contribution in [0.25, 0.3) is 11.1 Å². The third-order valence-corrected chi connectivity index (χ3v) is 8.25. The van der Waals surface area contributed by atoms with E-state index in [1.807, 2.05) is 6.07 Å². The van der Waals surface area contributed by atoms with Crippen LogP contribution in [0, 0.1) is 42.1 Å². The van der Waals surface area contributed by atoms with Gasteiger partial charge in [0.25, 0.3) is 0 Å². The molecule has 2 fully saturated rings. The summed E-state index contributed by atoms with van der Waals surface area (Å²) in [6.07, 6.45) is 10.1. The molecule has 0 amide bonds. The Bertz CT molecular complexity index is 855. The molecule has 0 unspecified atom stereocenters. The van der Waals surface area contributed by atoms with Crippen LogP contribution in [0.5, 0.6) is 0 Å². The Morgan fingerprint density at radius 3 is 1.87 bits per heavy atom. The lowest BCUT2D eigenvalue weighted by atomic mass is 9.68. The molecular weight excluding hydrogens is 397 g/mol. The molecule has 4 heteroatoms. The monoisotopic (exact) mass is 427 g/mol. The molecule has 2 aromatic rings. The van der Waals surface area contributed by atoms with E-state index in [2.05, 4.69) is 10.2 Å². The van der Waals surface area contributed by atoms with Crippen molar-refractivity contribution in [3.8, 4) is 11.1 Å². The van der Waals surface area contributed by atoms with Gasteiger partial charge in [0, 0.05) is 21.4 Å². The van der Waals surface area contributed by atoms with Gasteiger partial charge in [-0.05, 0) is 98.4 Å². The van der Waals surface area contributed by atoms with Crippen LogP contribution in [0.2, 0.25) is 6.04 Å². The Labute approximate surface area is 181 Å². The molecule has 30 heavy (non-hydrogen) atoms. The zero-order valence-electron chi connectivity index (χ0n) is 17.7. The van der Waals surface area contributed by atoms with Crippen molar-refractivity contribution in [2.75, 3.05) is 0 Å². The van der Waals surface area contributed by atoms with Gasteiger partial charge in [-0.25, -0.2) is 13.2 Å². The second-order valence-corrected chi connectivity index (χ2v) is 9.81. The maximum Gasteiger partial charge on any atom is 0.131 e. The molecule has 159 valence electrons. The smallest absolute Gasteiger partial charge is 0.131 e. The standard InChI is InChI=1S/C26H30F3Si/c1-16-24(27)13-22(14-25(16)28)23-11-10-21(12-26(23)29)20-8-6-19(7-9-20)18-4-2-17(15-30)3-5-18/h10-14,17-20H,2-9,15H2,1H3. The second kappa shape index (κ2) is 9.29. The second-order valence-electron chi connectivity index (χ2n) is 9.40. The predicted molar refractivity (Wildman–Crippen MR) is 117 cm³/mol. The third-order valence-electron chi connectivity index (χ3n) is 7.68. The lowest BCUT2D eigenvalue weighted by molar-refractivity contribution is 0.165. The van der Waals surface area contributed by atoms with E-state index < -0.39 is 17.5 Å². The summed E-state index contributed by atoms with van der Waals surface area (Å²) >= 11 is 0. The molecule has 4 rings (SSSR count). The van der Waals surface area contributed by atoms with Crippen LogP contribution in [0.4, 0.5) is 13.2 Å². The molecule has 0 N–H and O–H groups in total. The Hall–Kier alpha value is -1.55. The number of rotatable bonds is 4. The summed E-state index contributed by atoms with van der Waals surface area (Å²) < 4.78 is 42.6. The topological polar surface area (TPSA) is 0 Å². The van der Waals surface area contributed by atoms with Gasteiger partial charge in [0.05, 0.1) is 0 Å². The van der Waals surface area contributed by atoms with Crippen molar-refractivity contribution in [2.45, 2.75) is 70.3 Å². The number of benzene rings is 2. The normalized spacial score (nSPS) is 27.2. The summed E-state index contributed by atoms with van der Waals surface area (Å²) in [5.74, 6) is 1.24. The fraction of sp³-hybridized carbons (Fsp3) is 0.538. The maximum absolute atomic E-state index is 14.8. The summed E-state index contributed by atoms with van der Waals surface area (Å²) in [5.41, 5.74) is 1.49. The first kappa shape index (κ1) is 21.7. The van der Waals surface area contributed by atoms with Crippen molar-refractivity contribution >= 4 is 10.2 Å². The molecule has 0 nitrogen and oxygen atoms in total. The minimum atomic E-state index is -0.642. The Morgan fingerprint density at radius 2 is 1.33 bits per heavy atom. The van der Waals surface area contributed by atoms with Gasteiger partial charge in [0.1, 0.15) is 17.5 Å². The van der Waals surface area contributed by atoms with Crippen molar-refractivity contribution < 1.29 is 13.2 Å². The minimum Gasteiger partial charge on any atom is -0.207 e. The van der Waals surface area contributed by atoms with Crippen molar-refractivity contribution in [2.24, 2.45) is 17.8 Å². The highest BCUT2D eigenvalue weighted by Crippen LogP contribution is 2.44. The van der Waals surface area contributed by atoms with E-state index in [1.165, 1.54) is 57.6 Å². The Morgan fingerprint density at radius 1 is 0.767 bits per heavy atom. The SMILES string of the molecule is Cc1c(F)cc(-c2ccc(C3CCC(C4CCC(C[Si])CC4)CC3)cc2F)cc1F. The molecule has 0 aliphatic heterocycles. The zero-order chi connectivity index (χ0) is 21.3. The van der Waals surface area contributed by atoms with Crippen molar-refractivity contribution in [3.05, 3.63) is 58.9 Å². The van der Waals surface area contributed by atoms with E-state index in [-0.39, 0.29) is 16.7 Å². The van der Waals surface area contributed by atoms with Gasteiger partial charge in [-0.3, -0.25) is 0 Å². The first-order chi connectivity index (χ1) is 14.5. The molecule has 0 aromatic heterocycles. The average molecular weight is 428 g/mol. The average Bonchev–Trinajstić information content (AvgIpc) is 2.77. The molecule has 0 heterocycles. The fourth-order valence-corrected chi connectivity index (χ4v) is 6.02. The summed E-state index contributed by atoms with van der Waals surface area (Å²) in [6.45, 7) is 1.39. The maximum atomic E-state index is 14.8. The first-order valence-corrected chi connectivity index (χ1v) is 12.1. The summed E-state index contributed by atoms with van der Waals surface area (Å²) in [5, 5.41) is 0. The van der Waals surface area contributed by atoms with Gasteiger partial charge < -0.3 is 0 Å². The van der Waals surface area contributed by atoms with Gasteiger partial charge in [-0.1, -0.05) is 31.0 Å². The zero-order valence-corrected chi connectivity index (χ0v) is 18.7. The molecule has 0 bridgehead atoms. The van der Waals surface area contributed by atoms with E-state index in [1.54, 1.807) is 12.1 Å². The lowest BCUT2D eigenvalue weighted by Crippen LogP contribution is -2.25. The van der Waals surface area contributed by atoms with Gasteiger partial charge in [0.15, 0.2) is 0 Å². The van der Waals surface area contributed by atoms with E-state index in [0.29, 0.717) is 5.92 Å². The summed E-state index contributed by atoms with van der Waals surface area (Å²) in [4.78, 5) is 0. The molecule has 0 atom stereocenters. The minimum absolute atomic E-state index is 0.0341.